The van der Waals surface area contributed by atoms with E-state index in [-0.39, 0.29) is 5.41 Å². The first-order valence-electron chi connectivity index (χ1n) is 7.54. The van der Waals surface area contributed by atoms with Gasteiger partial charge in [0.15, 0.2) is 0 Å². The summed E-state index contributed by atoms with van der Waals surface area (Å²) in [4.78, 5) is 2.84. The molecule has 3 heteroatoms. The van der Waals surface area contributed by atoms with Gasteiger partial charge in [-0.1, -0.05) is 40.0 Å². The van der Waals surface area contributed by atoms with Gasteiger partial charge in [-0.2, -0.15) is 0 Å². The molecule has 3 N–H and O–H groups in total. The summed E-state index contributed by atoms with van der Waals surface area (Å²) in [5, 5.41) is 3.64. The molecule has 0 radical (unpaired) electrons. The molecule has 19 heavy (non-hydrogen) atoms. The summed E-state index contributed by atoms with van der Waals surface area (Å²) in [7, 11) is 0. The molecule has 1 aromatic heterocycles. The number of hydrogen-bond donors (Lipinski definition) is 2. The number of hydrogen-bond acceptors (Lipinski definition) is 3. The van der Waals surface area contributed by atoms with E-state index in [1.807, 2.05) is 11.3 Å². The van der Waals surface area contributed by atoms with Crippen molar-refractivity contribution in [3.05, 3.63) is 21.9 Å². The number of rotatable bonds is 6. The van der Waals surface area contributed by atoms with Gasteiger partial charge in [0.05, 0.1) is 6.04 Å². The second-order valence-corrected chi connectivity index (χ2v) is 7.90. The van der Waals surface area contributed by atoms with Gasteiger partial charge in [-0.3, -0.25) is 0 Å². The predicted molar refractivity (Wildman–Crippen MR) is 84.8 cm³/mol. The maximum Gasteiger partial charge on any atom is 0.0539 e. The fourth-order valence-electron chi connectivity index (χ4n) is 2.49. The molecule has 1 unspecified atom stereocenters. The third-order valence-corrected chi connectivity index (χ3v) is 5.74. The molecule has 1 aliphatic carbocycles. The Hall–Kier alpha value is -0.380. The van der Waals surface area contributed by atoms with E-state index in [0.29, 0.717) is 12.6 Å². The van der Waals surface area contributed by atoms with Crippen LogP contribution >= 0.6 is 11.3 Å². The molecule has 1 atom stereocenters. The lowest BCUT2D eigenvalue weighted by atomic mass is 9.83. The average Bonchev–Trinajstić information content (AvgIpc) is 2.75. The topological polar surface area (TPSA) is 38.0 Å². The highest BCUT2D eigenvalue weighted by molar-refractivity contribution is 7.12. The van der Waals surface area contributed by atoms with Crippen molar-refractivity contribution in [3.63, 3.8) is 0 Å². The van der Waals surface area contributed by atoms with E-state index in [4.69, 9.17) is 5.73 Å². The summed E-state index contributed by atoms with van der Waals surface area (Å²) < 4.78 is 0. The smallest absolute Gasteiger partial charge is 0.0539 e. The molecule has 0 amide bonds. The van der Waals surface area contributed by atoms with Gasteiger partial charge in [0.1, 0.15) is 0 Å². The molecule has 0 aliphatic heterocycles. The minimum absolute atomic E-state index is 0.244. The first-order valence-corrected chi connectivity index (χ1v) is 8.36. The first kappa shape index (κ1) is 15.0. The Morgan fingerprint density at radius 1 is 1.37 bits per heavy atom. The van der Waals surface area contributed by atoms with E-state index < -0.39 is 0 Å². The molecule has 0 spiro atoms. The van der Waals surface area contributed by atoms with Gasteiger partial charge in [-0.05, 0) is 36.4 Å². The molecule has 0 saturated heterocycles. The standard InChI is InChI=1S/C16H28N2S/c1-16(2,3)15-8-7-14(19-15)13(11-17)18-10-9-12-5-4-6-12/h7-8,12-13,18H,4-6,9-11,17H2,1-3H3. The van der Waals surface area contributed by atoms with Crippen LogP contribution in [0.1, 0.15) is 62.3 Å². The van der Waals surface area contributed by atoms with Crippen LogP contribution in [0.5, 0.6) is 0 Å². The number of thiophene rings is 1. The third-order valence-electron chi connectivity index (χ3n) is 4.11. The molecule has 1 aromatic rings. The maximum absolute atomic E-state index is 5.93. The van der Waals surface area contributed by atoms with Crippen molar-refractivity contribution >= 4 is 11.3 Å². The molecule has 1 heterocycles. The highest BCUT2D eigenvalue weighted by Gasteiger charge is 2.20. The molecule has 1 fully saturated rings. The zero-order valence-electron chi connectivity index (χ0n) is 12.5. The van der Waals surface area contributed by atoms with Crippen LogP contribution in [0.25, 0.3) is 0 Å². The van der Waals surface area contributed by atoms with E-state index in [0.717, 1.165) is 12.5 Å². The average molecular weight is 280 g/mol. The molecular weight excluding hydrogens is 252 g/mol. The molecule has 2 rings (SSSR count). The molecule has 108 valence electrons. The molecule has 0 aromatic carbocycles. The van der Waals surface area contributed by atoms with Gasteiger partial charge in [-0.25, -0.2) is 0 Å². The highest BCUT2D eigenvalue weighted by atomic mass is 32.1. The van der Waals surface area contributed by atoms with Crippen molar-refractivity contribution in [1.29, 1.82) is 0 Å². The Morgan fingerprint density at radius 3 is 2.58 bits per heavy atom. The lowest BCUT2D eigenvalue weighted by molar-refractivity contribution is 0.288. The van der Waals surface area contributed by atoms with Gasteiger partial charge >= 0.3 is 0 Å². The second kappa shape index (κ2) is 6.38. The Morgan fingerprint density at radius 2 is 2.11 bits per heavy atom. The van der Waals surface area contributed by atoms with Crippen LogP contribution in [0.2, 0.25) is 0 Å². The highest BCUT2D eigenvalue weighted by Crippen LogP contribution is 2.32. The molecular formula is C16H28N2S. The molecule has 0 bridgehead atoms. The van der Waals surface area contributed by atoms with Crippen molar-refractivity contribution in [2.24, 2.45) is 11.7 Å². The Bertz CT molecular complexity index is 388. The van der Waals surface area contributed by atoms with Crippen molar-refractivity contribution in [2.45, 2.75) is 57.9 Å². The van der Waals surface area contributed by atoms with Crippen molar-refractivity contribution in [3.8, 4) is 0 Å². The summed E-state index contributed by atoms with van der Waals surface area (Å²) in [6.07, 6.45) is 5.61. The van der Waals surface area contributed by atoms with E-state index in [2.05, 4.69) is 38.2 Å². The summed E-state index contributed by atoms with van der Waals surface area (Å²) in [5.74, 6) is 0.972. The fourth-order valence-corrected chi connectivity index (χ4v) is 3.64. The maximum atomic E-state index is 5.93. The Kier molecular flexibility index (Phi) is 5.04. The fraction of sp³-hybridized carbons (Fsp3) is 0.750. The minimum atomic E-state index is 0.244. The van der Waals surface area contributed by atoms with Crippen LogP contribution < -0.4 is 11.1 Å². The van der Waals surface area contributed by atoms with E-state index in [1.165, 1.54) is 35.4 Å². The van der Waals surface area contributed by atoms with Crippen LogP contribution in [0.15, 0.2) is 12.1 Å². The van der Waals surface area contributed by atoms with E-state index >= 15 is 0 Å². The van der Waals surface area contributed by atoms with Crippen LogP contribution in [0.4, 0.5) is 0 Å². The molecule has 1 saturated carbocycles. The zero-order valence-corrected chi connectivity index (χ0v) is 13.4. The lowest BCUT2D eigenvalue weighted by Gasteiger charge is -2.26. The van der Waals surface area contributed by atoms with Gasteiger partial charge in [0.2, 0.25) is 0 Å². The largest absolute Gasteiger partial charge is 0.329 e. The van der Waals surface area contributed by atoms with Gasteiger partial charge in [0, 0.05) is 16.3 Å². The lowest BCUT2D eigenvalue weighted by Crippen LogP contribution is -2.30. The quantitative estimate of drug-likeness (QED) is 0.831. The Balaban J connectivity index is 1.87. The SMILES string of the molecule is CC(C)(C)c1ccc(C(CN)NCCC2CCC2)s1. The number of nitrogens with two attached hydrogens (primary N) is 1. The molecule has 1 aliphatic rings. The molecule has 2 nitrogen and oxygen atoms in total. The van der Waals surface area contributed by atoms with Crippen LogP contribution in [-0.2, 0) is 5.41 Å². The summed E-state index contributed by atoms with van der Waals surface area (Å²) in [6, 6.07) is 4.84. The third kappa shape index (κ3) is 4.04. The van der Waals surface area contributed by atoms with Gasteiger partial charge in [-0.15, -0.1) is 11.3 Å². The summed E-state index contributed by atoms with van der Waals surface area (Å²) in [5.41, 5.74) is 6.17. The second-order valence-electron chi connectivity index (χ2n) is 6.78. The van der Waals surface area contributed by atoms with Crippen molar-refractivity contribution in [2.75, 3.05) is 13.1 Å². The van der Waals surface area contributed by atoms with Crippen molar-refractivity contribution < 1.29 is 0 Å². The van der Waals surface area contributed by atoms with Gasteiger partial charge in [0.25, 0.3) is 0 Å². The number of nitrogens with one attached hydrogen (secondary N) is 1. The monoisotopic (exact) mass is 280 g/mol. The first-order chi connectivity index (χ1) is 9.00. The van der Waals surface area contributed by atoms with E-state index in [1.54, 1.807) is 0 Å². The van der Waals surface area contributed by atoms with Crippen LogP contribution in [0.3, 0.4) is 0 Å². The minimum Gasteiger partial charge on any atom is -0.329 e. The summed E-state index contributed by atoms with van der Waals surface area (Å²) in [6.45, 7) is 8.60. The van der Waals surface area contributed by atoms with Crippen molar-refractivity contribution in [1.82, 2.24) is 5.32 Å². The normalized spacial score (nSPS) is 18.3. The van der Waals surface area contributed by atoms with Crippen LogP contribution in [-0.4, -0.2) is 13.1 Å². The summed E-state index contributed by atoms with van der Waals surface area (Å²) >= 11 is 1.91. The van der Waals surface area contributed by atoms with Gasteiger partial charge < -0.3 is 11.1 Å². The Labute approximate surface area is 121 Å². The zero-order chi connectivity index (χ0) is 13.9. The predicted octanol–water partition coefficient (Wildman–Crippen LogP) is 3.83. The van der Waals surface area contributed by atoms with Crippen LogP contribution in [0, 0.1) is 5.92 Å². The van der Waals surface area contributed by atoms with E-state index in [9.17, 15) is 0 Å².